The molecule has 0 radical (unpaired) electrons. The Morgan fingerprint density at radius 2 is 2.09 bits per heavy atom. The van der Waals surface area contributed by atoms with Gasteiger partial charge in [-0.1, -0.05) is 6.07 Å². The van der Waals surface area contributed by atoms with Crippen molar-refractivity contribution in [3.8, 4) is 11.4 Å². The molecule has 7 nitrogen and oxygen atoms in total. The third-order valence-electron chi connectivity index (χ3n) is 3.38. The van der Waals surface area contributed by atoms with Crippen molar-refractivity contribution in [2.75, 3.05) is 7.11 Å². The Kier molecular flexibility index (Phi) is 3.75. The van der Waals surface area contributed by atoms with E-state index in [9.17, 15) is 14.4 Å². The predicted molar refractivity (Wildman–Crippen MR) is 87.4 cm³/mol. The first kappa shape index (κ1) is 15.0. The molecule has 2 heterocycles. The van der Waals surface area contributed by atoms with Crippen LogP contribution >= 0.6 is 11.3 Å². The van der Waals surface area contributed by atoms with Gasteiger partial charge in [-0.2, -0.15) is 0 Å². The summed E-state index contributed by atoms with van der Waals surface area (Å²) in [6.45, 7) is -0.295. The molecule has 0 aliphatic heterocycles. The van der Waals surface area contributed by atoms with Gasteiger partial charge in [0.05, 0.1) is 18.3 Å². The third kappa shape index (κ3) is 2.53. The van der Waals surface area contributed by atoms with Crippen molar-refractivity contribution in [3.63, 3.8) is 0 Å². The number of carbonyl (C=O) groups excluding carboxylic acids is 1. The lowest BCUT2D eigenvalue weighted by Gasteiger charge is -2.11. The molecule has 8 heteroatoms. The fourth-order valence-electron chi connectivity index (χ4n) is 2.37. The van der Waals surface area contributed by atoms with Crippen molar-refractivity contribution >= 4 is 27.5 Å². The summed E-state index contributed by atoms with van der Waals surface area (Å²) >= 11 is 1.21. The van der Waals surface area contributed by atoms with Gasteiger partial charge >= 0.3 is 5.69 Å². The maximum atomic E-state index is 12.7. The van der Waals surface area contributed by atoms with Gasteiger partial charge in [0.25, 0.3) is 5.56 Å². The number of rotatable bonds is 4. The van der Waals surface area contributed by atoms with Gasteiger partial charge in [0.2, 0.25) is 5.91 Å². The number of fused-ring (bicyclic) bond motifs is 1. The van der Waals surface area contributed by atoms with Crippen LogP contribution in [-0.4, -0.2) is 22.2 Å². The average molecular weight is 331 g/mol. The third-order valence-corrected chi connectivity index (χ3v) is 4.27. The van der Waals surface area contributed by atoms with Crippen LogP contribution in [0.5, 0.6) is 5.75 Å². The number of hydrogen-bond donors (Lipinski definition) is 1. The molecule has 0 saturated heterocycles. The molecule has 118 valence electrons. The van der Waals surface area contributed by atoms with E-state index in [1.54, 1.807) is 35.7 Å². The van der Waals surface area contributed by atoms with Crippen LogP contribution in [0.15, 0.2) is 45.3 Å². The van der Waals surface area contributed by atoms with Gasteiger partial charge in [0.15, 0.2) is 0 Å². The van der Waals surface area contributed by atoms with Gasteiger partial charge in [0.1, 0.15) is 17.0 Å². The van der Waals surface area contributed by atoms with E-state index in [-0.39, 0.29) is 6.54 Å². The number of benzene rings is 1. The van der Waals surface area contributed by atoms with Crippen LogP contribution in [-0.2, 0) is 11.3 Å². The highest BCUT2D eigenvalue weighted by atomic mass is 32.1. The van der Waals surface area contributed by atoms with E-state index in [2.05, 4.69) is 0 Å². The lowest BCUT2D eigenvalue weighted by molar-refractivity contribution is -0.118. The number of thiophene rings is 1. The highest BCUT2D eigenvalue weighted by Crippen LogP contribution is 2.18. The summed E-state index contributed by atoms with van der Waals surface area (Å²) < 4.78 is 7.73. The van der Waals surface area contributed by atoms with Gasteiger partial charge in [0, 0.05) is 6.07 Å². The summed E-state index contributed by atoms with van der Waals surface area (Å²) in [6.07, 6.45) is 0. The minimum atomic E-state index is -0.657. The largest absolute Gasteiger partial charge is 0.497 e. The Hall–Kier alpha value is -2.87. The average Bonchev–Trinajstić information content (AvgIpc) is 3.01. The van der Waals surface area contributed by atoms with Crippen LogP contribution in [0.3, 0.4) is 0 Å². The Morgan fingerprint density at radius 1 is 1.30 bits per heavy atom. The summed E-state index contributed by atoms with van der Waals surface area (Å²) in [4.78, 5) is 36.6. The van der Waals surface area contributed by atoms with E-state index in [4.69, 9.17) is 10.5 Å². The molecule has 1 aromatic carbocycles. The molecule has 0 atom stereocenters. The first-order valence-electron chi connectivity index (χ1n) is 6.68. The van der Waals surface area contributed by atoms with E-state index in [0.29, 0.717) is 21.7 Å². The maximum Gasteiger partial charge on any atom is 0.336 e. The molecule has 1 amide bonds. The molecule has 3 rings (SSSR count). The summed E-state index contributed by atoms with van der Waals surface area (Å²) in [7, 11) is 1.50. The number of methoxy groups -OCH3 is 1. The summed E-state index contributed by atoms with van der Waals surface area (Å²) in [6, 6.07) is 8.22. The van der Waals surface area contributed by atoms with Crippen molar-refractivity contribution in [2.24, 2.45) is 5.73 Å². The number of aromatic nitrogens is 2. The number of nitrogens with two attached hydrogens (primary N) is 1. The van der Waals surface area contributed by atoms with Crippen LogP contribution in [0.2, 0.25) is 0 Å². The Morgan fingerprint density at radius 3 is 2.78 bits per heavy atom. The van der Waals surface area contributed by atoms with Crippen LogP contribution in [0.1, 0.15) is 0 Å². The summed E-state index contributed by atoms with van der Waals surface area (Å²) in [5.74, 6) is -0.142. The Balaban J connectivity index is 2.38. The lowest BCUT2D eigenvalue weighted by Crippen LogP contribution is -2.40. The maximum absolute atomic E-state index is 12.7. The molecule has 0 spiro atoms. The van der Waals surface area contributed by atoms with Gasteiger partial charge in [-0.3, -0.25) is 14.2 Å². The zero-order valence-corrected chi connectivity index (χ0v) is 13.0. The molecular formula is C15H13N3O4S. The first-order valence-corrected chi connectivity index (χ1v) is 7.56. The molecule has 3 aromatic rings. The zero-order valence-electron chi connectivity index (χ0n) is 12.2. The molecule has 2 N–H and O–H groups in total. The molecule has 0 fully saturated rings. The topological polar surface area (TPSA) is 96.3 Å². The van der Waals surface area contributed by atoms with E-state index >= 15 is 0 Å². The van der Waals surface area contributed by atoms with Gasteiger partial charge in [-0.25, -0.2) is 9.36 Å². The lowest BCUT2D eigenvalue weighted by atomic mass is 10.3. The van der Waals surface area contributed by atoms with E-state index < -0.39 is 17.2 Å². The number of hydrogen-bond acceptors (Lipinski definition) is 5. The van der Waals surface area contributed by atoms with Crippen molar-refractivity contribution in [1.29, 1.82) is 0 Å². The normalized spacial score (nSPS) is 10.8. The van der Waals surface area contributed by atoms with Crippen LogP contribution < -0.4 is 21.7 Å². The quantitative estimate of drug-likeness (QED) is 0.761. The molecule has 0 aliphatic rings. The van der Waals surface area contributed by atoms with E-state index in [1.807, 2.05) is 0 Å². The van der Waals surface area contributed by atoms with Crippen LogP contribution in [0.25, 0.3) is 15.9 Å². The SMILES string of the molecule is COc1cccc(-n2c(=O)c3sccc3n(CC(N)=O)c2=O)c1. The summed E-state index contributed by atoms with van der Waals surface area (Å²) in [5, 5.41) is 1.69. The minimum Gasteiger partial charge on any atom is -0.497 e. The molecule has 0 aliphatic carbocycles. The zero-order chi connectivity index (χ0) is 16.6. The van der Waals surface area contributed by atoms with Crippen LogP contribution in [0.4, 0.5) is 0 Å². The first-order chi connectivity index (χ1) is 11.0. The Labute approximate surface area is 134 Å². The fourth-order valence-corrected chi connectivity index (χ4v) is 3.20. The van der Waals surface area contributed by atoms with Gasteiger partial charge < -0.3 is 10.5 Å². The van der Waals surface area contributed by atoms with E-state index in [0.717, 1.165) is 4.57 Å². The second-order valence-corrected chi connectivity index (χ2v) is 5.73. The molecular weight excluding hydrogens is 318 g/mol. The highest BCUT2D eigenvalue weighted by molar-refractivity contribution is 7.17. The molecule has 0 bridgehead atoms. The number of carbonyl (C=O) groups is 1. The molecule has 23 heavy (non-hydrogen) atoms. The number of primary amides is 1. The summed E-state index contributed by atoms with van der Waals surface area (Å²) in [5.41, 5.74) is 4.94. The van der Waals surface area contributed by atoms with E-state index in [1.165, 1.54) is 23.0 Å². The molecule has 2 aromatic heterocycles. The van der Waals surface area contributed by atoms with Crippen LogP contribution in [0, 0.1) is 0 Å². The van der Waals surface area contributed by atoms with Crippen molar-refractivity contribution < 1.29 is 9.53 Å². The molecule has 0 unspecified atom stereocenters. The predicted octanol–water partition coefficient (Wildman–Crippen LogP) is 0.708. The number of nitrogens with zero attached hydrogens (tertiary/aromatic N) is 2. The number of ether oxygens (including phenoxy) is 1. The van der Waals surface area contributed by atoms with Crippen molar-refractivity contribution in [1.82, 2.24) is 9.13 Å². The van der Waals surface area contributed by atoms with Gasteiger partial charge in [-0.15, -0.1) is 11.3 Å². The second kappa shape index (κ2) is 5.73. The minimum absolute atomic E-state index is 0.295. The van der Waals surface area contributed by atoms with Gasteiger partial charge in [-0.05, 0) is 23.6 Å². The second-order valence-electron chi connectivity index (χ2n) is 4.81. The highest BCUT2D eigenvalue weighted by Gasteiger charge is 2.16. The fraction of sp³-hybridized carbons (Fsp3) is 0.133. The van der Waals surface area contributed by atoms with Crippen molar-refractivity contribution in [2.45, 2.75) is 6.54 Å². The Bertz CT molecular complexity index is 1020. The number of amides is 1. The monoisotopic (exact) mass is 331 g/mol. The molecule has 0 saturated carbocycles. The standard InChI is InChI=1S/C15H13N3O4S/c1-22-10-4-2-3-9(7-10)18-14(20)13-11(5-6-23-13)17(15(18)21)8-12(16)19/h2-7H,8H2,1H3,(H2,16,19). The van der Waals surface area contributed by atoms with Crippen molar-refractivity contribution in [3.05, 3.63) is 56.5 Å². The smallest absolute Gasteiger partial charge is 0.336 e.